The van der Waals surface area contributed by atoms with Gasteiger partial charge in [0.05, 0.1) is 0 Å². The average molecular weight is 541 g/mol. The summed E-state index contributed by atoms with van der Waals surface area (Å²) in [5.74, 6) is 5.46. The van der Waals surface area contributed by atoms with Crippen molar-refractivity contribution in [2.75, 3.05) is 0 Å². The van der Waals surface area contributed by atoms with Gasteiger partial charge in [-0.15, -0.1) is 0 Å². The van der Waals surface area contributed by atoms with Crippen molar-refractivity contribution in [2.45, 2.75) is 111 Å². The SMILES string of the molecule is CC(C)CCCC(C)C1CCC2C3CC=C4C[C@@H](OC(=O)Oc5cccc(Cl)c5)CC[C@]4(C)C3CC[C@]12C. The number of carbonyl (C=O) groups excluding carboxylic acids is 1. The molecule has 4 aliphatic carbocycles. The van der Waals surface area contributed by atoms with Gasteiger partial charge in [0.2, 0.25) is 0 Å². The quantitative estimate of drug-likeness (QED) is 0.196. The van der Waals surface area contributed by atoms with Crippen LogP contribution in [-0.2, 0) is 4.74 Å². The first kappa shape index (κ1) is 28.1. The van der Waals surface area contributed by atoms with E-state index in [9.17, 15) is 4.79 Å². The fraction of sp³-hybridized carbons (Fsp3) is 0.735. The van der Waals surface area contributed by atoms with Crippen LogP contribution in [0.4, 0.5) is 4.79 Å². The van der Waals surface area contributed by atoms with Crippen molar-refractivity contribution in [3.05, 3.63) is 40.9 Å². The van der Waals surface area contributed by atoms with Gasteiger partial charge in [-0.3, -0.25) is 0 Å². The standard InChI is InChI=1S/C34H49ClO3/c1-22(2)8-6-9-23(3)29-14-15-30-28-13-12-24-20-27(38-32(36)37-26-11-7-10-25(35)21-26)16-18-33(24,4)31(28)17-19-34(29,30)5/h7,10-12,21-23,27-31H,6,8-9,13-20H2,1-5H3/t23?,27-,28?,29?,30?,31?,33-,34+/m0/s1. The maximum absolute atomic E-state index is 12.5. The summed E-state index contributed by atoms with van der Waals surface area (Å²) in [7, 11) is 0. The van der Waals surface area contributed by atoms with Crippen LogP contribution in [0, 0.1) is 46.3 Å². The first-order valence-corrected chi connectivity index (χ1v) is 15.8. The van der Waals surface area contributed by atoms with E-state index < -0.39 is 6.16 Å². The van der Waals surface area contributed by atoms with Crippen molar-refractivity contribution in [2.24, 2.45) is 46.3 Å². The van der Waals surface area contributed by atoms with Gasteiger partial charge in [0.25, 0.3) is 0 Å². The fourth-order valence-corrected chi connectivity index (χ4v) is 9.72. The van der Waals surface area contributed by atoms with Crippen molar-refractivity contribution < 1.29 is 14.3 Å². The Kier molecular flexibility index (Phi) is 8.26. The minimum absolute atomic E-state index is 0.103. The van der Waals surface area contributed by atoms with Crippen LogP contribution in [0.2, 0.25) is 5.02 Å². The molecule has 4 heteroatoms. The van der Waals surface area contributed by atoms with Gasteiger partial charge in [0.15, 0.2) is 0 Å². The van der Waals surface area contributed by atoms with Crippen molar-refractivity contribution in [1.29, 1.82) is 0 Å². The predicted octanol–water partition coefficient (Wildman–Crippen LogP) is 10.3. The zero-order chi connectivity index (χ0) is 27.1. The minimum atomic E-state index is -0.622. The molecule has 3 fully saturated rings. The molecule has 210 valence electrons. The molecule has 0 saturated heterocycles. The molecule has 1 aromatic rings. The van der Waals surface area contributed by atoms with Crippen LogP contribution < -0.4 is 4.74 Å². The summed E-state index contributed by atoms with van der Waals surface area (Å²) in [5.41, 5.74) is 2.30. The molecule has 0 N–H and O–H groups in total. The van der Waals surface area contributed by atoms with Gasteiger partial charge in [-0.25, -0.2) is 4.79 Å². The predicted molar refractivity (Wildman–Crippen MR) is 155 cm³/mol. The van der Waals surface area contributed by atoms with E-state index in [0.29, 0.717) is 16.2 Å². The minimum Gasteiger partial charge on any atom is -0.430 e. The molecule has 1 aromatic carbocycles. The molecule has 0 radical (unpaired) electrons. The second kappa shape index (κ2) is 11.2. The van der Waals surface area contributed by atoms with Crippen LogP contribution in [0.1, 0.15) is 105 Å². The lowest BCUT2D eigenvalue weighted by Gasteiger charge is -2.58. The lowest BCUT2D eigenvalue weighted by Crippen LogP contribution is -2.51. The van der Waals surface area contributed by atoms with Crippen LogP contribution in [0.15, 0.2) is 35.9 Å². The van der Waals surface area contributed by atoms with Gasteiger partial charge >= 0.3 is 6.16 Å². The van der Waals surface area contributed by atoms with E-state index in [1.54, 1.807) is 24.3 Å². The summed E-state index contributed by atoms with van der Waals surface area (Å²) in [6.07, 6.45) is 15.7. The second-order valence-electron chi connectivity index (χ2n) is 14.1. The molecule has 0 heterocycles. The van der Waals surface area contributed by atoms with Gasteiger partial charge < -0.3 is 9.47 Å². The lowest BCUT2D eigenvalue weighted by atomic mass is 9.47. The third kappa shape index (κ3) is 5.43. The molecule has 3 saturated carbocycles. The number of ether oxygens (including phenoxy) is 2. The summed E-state index contributed by atoms with van der Waals surface area (Å²) in [6, 6.07) is 6.90. The molecule has 38 heavy (non-hydrogen) atoms. The van der Waals surface area contributed by atoms with Gasteiger partial charge in [-0.2, -0.15) is 0 Å². The van der Waals surface area contributed by atoms with E-state index >= 15 is 0 Å². The molecule has 0 amide bonds. The molecular weight excluding hydrogens is 492 g/mol. The fourth-order valence-electron chi connectivity index (χ4n) is 9.54. The Morgan fingerprint density at radius 2 is 1.87 bits per heavy atom. The molecule has 0 aliphatic heterocycles. The van der Waals surface area contributed by atoms with E-state index in [-0.39, 0.29) is 11.5 Å². The molecule has 5 rings (SSSR count). The van der Waals surface area contributed by atoms with E-state index in [1.165, 1.54) is 56.9 Å². The van der Waals surface area contributed by atoms with Crippen LogP contribution in [0.25, 0.3) is 0 Å². The largest absolute Gasteiger partial charge is 0.514 e. The Morgan fingerprint density at radius 1 is 1.05 bits per heavy atom. The monoisotopic (exact) mass is 540 g/mol. The smallest absolute Gasteiger partial charge is 0.430 e. The molecule has 0 aromatic heterocycles. The van der Waals surface area contributed by atoms with Gasteiger partial charge in [-0.1, -0.05) is 83.2 Å². The molecule has 0 spiro atoms. The summed E-state index contributed by atoms with van der Waals surface area (Å²) >= 11 is 6.02. The van der Waals surface area contributed by atoms with E-state index in [0.717, 1.165) is 54.8 Å². The Morgan fingerprint density at radius 3 is 2.63 bits per heavy atom. The third-order valence-electron chi connectivity index (χ3n) is 11.5. The summed E-state index contributed by atoms with van der Waals surface area (Å²) in [4.78, 5) is 12.5. The zero-order valence-corrected chi connectivity index (χ0v) is 25.1. The normalized spacial score (nSPS) is 37.0. The Bertz CT molecular complexity index is 1030. The van der Waals surface area contributed by atoms with Crippen molar-refractivity contribution in [3.8, 4) is 5.75 Å². The first-order valence-electron chi connectivity index (χ1n) is 15.4. The van der Waals surface area contributed by atoms with Crippen LogP contribution in [0.5, 0.6) is 5.75 Å². The Labute approximate surface area is 236 Å². The van der Waals surface area contributed by atoms with E-state index in [4.69, 9.17) is 21.1 Å². The van der Waals surface area contributed by atoms with Gasteiger partial charge in [0, 0.05) is 11.4 Å². The maximum Gasteiger partial charge on any atom is 0.514 e. The molecule has 0 bridgehead atoms. The number of fused-ring (bicyclic) bond motifs is 5. The Balaban J connectivity index is 1.22. The average Bonchev–Trinajstić information content (AvgIpc) is 3.21. The van der Waals surface area contributed by atoms with E-state index in [2.05, 4.69) is 40.7 Å². The van der Waals surface area contributed by atoms with Crippen molar-refractivity contribution >= 4 is 17.8 Å². The highest BCUT2D eigenvalue weighted by Gasteiger charge is 2.59. The number of hydrogen-bond donors (Lipinski definition) is 0. The molecular formula is C34H49ClO3. The highest BCUT2D eigenvalue weighted by atomic mass is 35.5. The molecule has 4 aliphatic rings. The molecule has 5 unspecified atom stereocenters. The second-order valence-corrected chi connectivity index (χ2v) is 14.5. The summed E-state index contributed by atoms with van der Waals surface area (Å²) in [5, 5.41) is 0.545. The highest BCUT2D eigenvalue weighted by molar-refractivity contribution is 6.30. The van der Waals surface area contributed by atoms with Crippen LogP contribution >= 0.6 is 11.6 Å². The zero-order valence-electron chi connectivity index (χ0n) is 24.3. The van der Waals surface area contributed by atoms with Gasteiger partial charge in [0.1, 0.15) is 11.9 Å². The maximum atomic E-state index is 12.5. The van der Waals surface area contributed by atoms with Crippen LogP contribution in [-0.4, -0.2) is 12.3 Å². The van der Waals surface area contributed by atoms with E-state index in [1.807, 2.05) is 0 Å². The first-order chi connectivity index (χ1) is 18.1. The number of benzene rings is 1. The summed E-state index contributed by atoms with van der Waals surface area (Å²) < 4.78 is 11.2. The Hall–Kier alpha value is -1.48. The van der Waals surface area contributed by atoms with Crippen LogP contribution in [0.3, 0.4) is 0 Å². The number of halogens is 1. The highest BCUT2D eigenvalue weighted by Crippen LogP contribution is 2.67. The number of allylic oxidation sites excluding steroid dienone is 1. The van der Waals surface area contributed by atoms with Gasteiger partial charge in [-0.05, 0) is 109 Å². The lowest BCUT2D eigenvalue weighted by molar-refractivity contribution is -0.0597. The summed E-state index contributed by atoms with van der Waals surface area (Å²) in [6.45, 7) is 12.5. The number of rotatable bonds is 7. The number of carbonyl (C=O) groups is 1. The molecule has 8 atom stereocenters. The van der Waals surface area contributed by atoms with Crippen molar-refractivity contribution in [3.63, 3.8) is 0 Å². The van der Waals surface area contributed by atoms with Crippen molar-refractivity contribution in [1.82, 2.24) is 0 Å². The topological polar surface area (TPSA) is 35.5 Å². The third-order valence-corrected chi connectivity index (χ3v) is 11.8. The molecule has 3 nitrogen and oxygen atoms in total. The number of hydrogen-bond acceptors (Lipinski definition) is 3.